The van der Waals surface area contributed by atoms with Gasteiger partial charge in [0.15, 0.2) is 0 Å². The van der Waals surface area contributed by atoms with E-state index in [9.17, 15) is 23.6 Å². The van der Waals surface area contributed by atoms with Crippen LogP contribution in [0.3, 0.4) is 0 Å². The van der Waals surface area contributed by atoms with Crippen LogP contribution in [0.1, 0.15) is 19.8 Å². The molecule has 0 radical (unpaired) electrons. The second kappa shape index (κ2) is 8.95. The first-order chi connectivity index (χ1) is 15.3. The number of piperazine rings is 1. The van der Waals surface area contributed by atoms with Crippen LogP contribution in [0.5, 0.6) is 5.75 Å². The van der Waals surface area contributed by atoms with E-state index >= 15 is 0 Å². The van der Waals surface area contributed by atoms with Crippen molar-refractivity contribution in [1.29, 1.82) is 0 Å². The number of hydrogen-bond donors (Lipinski definition) is 1. The SMILES string of the molecule is CC1CCN(S(=O)(=O)c2ccc(N3CCN(c4ccccc4O)CC3)c([N+](=O)[O-])c2)CC1. The van der Waals surface area contributed by atoms with Crippen molar-refractivity contribution in [1.82, 2.24) is 4.31 Å². The summed E-state index contributed by atoms with van der Waals surface area (Å²) in [6, 6.07) is 11.3. The van der Waals surface area contributed by atoms with E-state index in [4.69, 9.17) is 0 Å². The molecule has 0 bridgehead atoms. The number of rotatable bonds is 5. The number of hydrogen-bond acceptors (Lipinski definition) is 7. The maximum absolute atomic E-state index is 13.0. The van der Waals surface area contributed by atoms with Crippen LogP contribution >= 0.6 is 0 Å². The number of benzene rings is 2. The molecule has 0 unspecified atom stereocenters. The van der Waals surface area contributed by atoms with E-state index in [0.29, 0.717) is 50.9 Å². The Morgan fingerprint density at radius 2 is 1.53 bits per heavy atom. The summed E-state index contributed by atoms with van der Waals surface area (Å²) in [6.45, 7) is 5.18. The number of phenolic OH excluding ortho intramolecular Hbond substituents is 1. The summed E-state index contributed by atoms with van der Waals surface area (Å²) in [5.41, 5.74) is 0.949. The number of nitrogens with zero attached hydrogens (tertiary/aromatic N) is 4. The van der Waals surface area contributed by atoms with Gasteiger partial charge in [0.25, 0.3) is 5.69 Å². The van der Waals surface area contributed by atoms with Crippen LogP contribution in [0.2, 0.25) is 0 Å². The first-order valence-corrected chi connectivity index (χ1v) is 12.3. The van der Waals surface area contributed by atoms with Gasteiger partial charge in [0.2, 0.25) is 10.0 Å². The Hall–Kier alpha value is -2.85. The Kier molecular flexibility index (Phi) is 6.25. The predicted octanol–water partition coefficient (Wildman–Crippen LogP) is 3.05. The molecule has 0 aliphatic carbocycles. The molecule has 2 aromatic carbocycles. The van der Waals surface area contributed by atoms with E-state index in [1.807, 2.05) is 21.9 Å². The number of phenols is 1. The molecule has 0 amide bonds. The molecule has 2 saturated heterocycles. The van der Waals surface area contributed by atoms with Crippen molar-refractivity contribution in [3.05, 3.63) is 52.6 Å². The lowest BCUT2D eigenvalue weighted by molar-refractivity contribution is -0.384. The van der Waals surface area contributed by atoms with Gasteiger partial charge in [-0.25, -0.2) is 8.42 Å². The van der Waals surface area contributed by atoms with E-state index in [1.54, 1.807) is 18.2 Å². The molecule has 0 saturated carbocycles. The zero-order chi connectivity index (χ0) is 22.9. The highest BCUT2D eigenvalue weighted by Gasteiger charge is 2.31. The third-order valence-electron chi connectivity index (χ3n) is 6.37. The third kappa shape index (κ3) is 4.37. The summed E-state index contributed by atoms with van der Waals surface area (Å²) in [4.78, 5) is 15.2. The van der Waals surface area contributed by atoms with Crippen molar-refractivity contribution in [3.8, 4) is 5.75 Å². The van der Waals surface area contributed by atoms with Crippen molar-refractivity contribution < 1.29 is 18.4 Å². The van der Waals surface area contributed by atoms with Gasteiger partial charge in [-0.2, -0.15) is 4.31 Å². The summed E-state index contributed by atoms with van der Waals surface area (Å²) < 4.78 is 27.5. The summed E-state index contributed by atoms with van der Waals surface area (Å²) in [5.74, 6) is 0.684. The van der Waals surface area contributed by atoms with Crippen LogP contribution < -0.4 is 9.80 Å². The van der Waals surface area contributed by atoms with Gasteiger partial charge in [0.1, 0.15) is 11.4 Å². The lowest BCUT2D eigenvalue weighted by atomic mass is 10.0. The Morgan fingerprint density at radius 1 is 0.938 bits per heavy atom. The maximum atomic E-state index is 13.0. The molecule has 0 atom stereocenters. The largest absolute Gasteiger partial charge is 0.506 e. The van der Waals surface area contributed by atoms with Crippen molar-refractivity contribution in [2.45, 2.75) is 24.7 Å². The van der Waals surface area contributed by atoms with Crippen LogP contribution in [0.4, 0.5) is 17.1 Å². The van der Waals surface area contributed by atoms with Crippen LogP contribution in [-0.2, 0) is 10.0 Å². The number of nitro groups is 1. The summed E-state index contributed by atoms with van der Waals surface area (Å²) in [6.07, 6.45) is 1.58. The fourth-order valence-corrected chi connectivity index (χ4v) is 5.86. The molecule has 0 spiro atoms. The van der Waals surface area contributed by atoms with E-state index in [1.165, 1.54) is 16.4 Å². The molecule has 32 heavy (non-hydrogen) atoms. The second-order valence-electron chi connectivity index (χ2n) is 8.46. The average Bonchev–Trinajstić information content (AvgIpc) is 2.79. The Labute approximate surface area is 188 Å². The molecule has 9 nitrogen and oxygen atoms in total. The lowest BCUT2D eigenvalue weighted by Crippen LogP contribution is -2.46. The van der Waals surface area contributed by atoms with Crippen molar-refractivity contribution >= 4 is 27.1 Å². The number of para-hydroxylation sites is 2. The minimum absolute atomic E-state index is 0.0321. The van der Waals surface area contributed by atoms with Gasteiger partial charge in [-0.05, 0) is 43.0 Å². The Morgan fingerprint density at radius 3 is 2.12 bits per heavy atom. The molecule has 2 aliphatic rings. The van der Waals surface area contributed by atoms with Crippen molar-refractivity contribution in [2.75, 3.05) is 49.1 Å². The van der Waals surface area contributed by atoms with Gasteiger partial charge >= 0.3 is 0 Å². The highest BCUT2D eigenvalue weighted by molar-refractivity contribution is 7.89. The van der Waals surface area contributed by atoms with Gasteiger partial charge in [-0.1, -0.05) is 19.1 Å². The topological polar surface area (TPSA) is 107 Å². The highest BCUT2D eigenvalue weighted by Crippen LogP contribution is 2.34. The van der Waals surface area contributed by atoms with Gasteiger partial charge in [0.05, 0.1) is 15.5 Å². The molecular formula is C22H28N4O5S. The molecular weight excluding hydrogens is 432 g/mol. The Bertz CT molecular complexity index is 1090. The van der Waals surface area contributed by atoms with Gasteiger partial charge < -0.3 is 14.9 Å². The molecule has 2 aliphatic heterocycles. The first-order valence-electron chi connectivity index (χ1n) is 10.8. The van der Waals surface area contributed by atoms with E-state index < -0.39 is 14.9 Å². The zero-order valence-corrected chi connectivity index (χ0v) is 18.9. The van der Waals surface area contributed by atoms with Crippen molar-refractivity contribution in [3.63, 3.8) is 0 Å². The fourth-order valence-electron chi connectivity index (χ4n) is 4.37. The van der Waals surface area contributed by atoms with Crippen LogP contribution in [-0.4, -0.2) is 62.0 Å². The summed E-state index contributed by atoms with van der Waals surface area (Å²) in [5, 5.41) is 21.9. The first kappa shape index (κ1) is 22.3. The normalized spacial score (nSPS) is 18.7. The molecule has 0 aromatic heterocycles. The molecule has 2 aromatic rings. The molecule has 10 heteroatoms. The quantitative estimate of drug-likeness (QED) is 0.540. The van der Waals surface area contributed by atoms with Crippen LogP contribution in [0.15, 0.2) is 47.4 Å². The van der Waals surface area contributed by atoms with Crippen LogP contribution in [0, 0.1) is 16.0 Å². The standard InChI is InChI=1S/C22H28N4O5S/c1-17-8-10-25(11-9-17)32(30,31)18-6-7-19(21(16-18)26(28)29)23-12-14-24(15-13-23)20-4-2-3-5-22(20)27/h2-7,16-17,27H,8-15H2,1H3. The number of nitro benzene ring substituents is 1. The highest BCUT2D eigenvalue weighted by atomic mass is 32.2. The molecule has 1 N–H and O–H groups in total. The minimum atomic E-state index is -3.76. The third-order valence-corrected chi connectivity index (χ3v) is 8.26. The van der Waals surface area contributed by atoms with Gasteiger partial charge in [-0.15, -0.1) is 0 Å². The Balaban J connectivity index is 1.54. The maximum Gasteiger partial charge on any atom is 0.293 e. The molecule has 4 rings (SSSR count). The van der Waals surface area contributed by atoms with E-state index in [-0.39, 0.29) is 16.3 Å². The van der Waals surface area contributed by atoms with Gasteiger partial charge in [-0.3, -0.25) is 10.1 Å². The molecule has 2 fully saturated rings. The van der Waals surface area contributed by atoms with Gasteiger partial charge in [0, 0.05) is 45.3 Å². The van der Waals surface area contributed by atoms with Crippen molar-refractivity contribution in [2.24, 2.45) is 5.92 Å². The average molecular weight is 461 g/mol. The molecule has 2 heterocycles. The number of anilines is 2. The fraction of sp³-hybridized carbons (Fsp3) is 0.455. The summed E-state index contributed by atoms with van der Waals surface area (Å²) in [7, 11) is -3.76. The predicted molar refractivity (Wildman–Crippen MR) is 123 cm³/mol. The molecule has 172 valence electrons. The number of piperidine rings is 1. The summed E-state index contributed by atoms with van der Waals surface area (Å²) >= 11 is 0. The zero-order valence-electron chi connectivity index (χ0n) is 18.1. The second-order valence-corrected chi connectivity index (χ2v) is 10.4. The number of sulfonamides is 1. The van der Waals surface area contributed by atoms with E-state index in [0.717, 1.165) is 18.5 Å². The monoisotopic (exact) mass is 460 g/mol. The van der Waals surface area contributed by atoms with Crippen LogP contribution in [0.25, 0.3) is 0 Å². The number of aromatic hydroxyl groups is 1. The van der Waals surface area contributed by atoms with E-state index in [2.05, 4.69) is 6.92 Å². The lowest BCUT2D eigenvalue weighted by Gasteiger charge is -2.37. The smallest absolute Gasteiger partial charge is 0.293 e. The minimum Gasteiger partial charge on any atom is -0.506 e.